The molecule has 2 amide bonds. The van der Waals surface area contributed by atoms with Gasteiger partial charge in [0.25, 0.3) is 11.7 Å². The Bertz CT molecular complexity index is 547. The Hall–Kier alpha value is -2.43. The summed E-state index contributed by atoms with van der Waals surface area (Å²) >= 11 is 0. The van der Waals surface area contributed by atoms with E-state index in [9.17, 15) is 14.4 Å². The highest BCUT2D eigenvalue weighted by Gasteiger charge is 2.43. The van der Waals surface area contributed by atoms with Crippen molar-refractivity contribution in [2.24, 2.45) is 0 Å². The molecule has 0 unspecified atom stereocenters. The van der Waals surface area contributed by atoms with E-state index in [0.717, 1.165) is 4.90 Å². The Morgan fingerprint density at radius 1 is 1.00 bits per heavy atom. The van der Waals surface area contributed by atoms with Crippen molar-refractivity contribution in [3.05, 3.63) is 42.1 Å². The molecule has 1 aliphatic rings. The topological polar surface area (TPSA) is 57.7 Å². The van der Waals surface area contributed by atoms with Crippen molar-refractivity contribution in [3.8, 4) is 0 Å². The average molecular weight is 244 g/mol. The molecule has 1 saturated heterocycles. The molecule has 92 valence electrons. The SMILES string of the molecule is CN(C)/C=C1\C(=O)C(=O)N(c2ccccc2)C1=O. The number of hydrogen-bond acceptors (Lipinski definition) is 4. The molecule has 0 aliphatic carbocycles. The van der Waals surface area contributed by atoms with Gasteiger partial charge in [0, 0.05) is 20.3 Å². The van der Waals surface area contributed by atoms with Crippen molar-refractivity contribution >= 4 is 23.3 Å². The molecular weight excluding hydrogens is 232 g/mol. The molecule has 2 rings (SSSR count). The van der Waals surface area contributed by atoms with Crippen molar-refractivity contribution in [3.63, 3.8) is 0 Å². The van der Waals surface area contributed by atoms with Gasteiger partial charge >= 0.3 is 5.91 Å². The zero-order valence-corrected chi connectivity index (χ0v) is 10.1. The highest BCUT2D eigenvalue weighted by molar-refractivity contribution is 6.63. The first-order valence-electron chi connectivity index (χ1n) is 5.39. The molecule has 1 fully saturated rings. The second-order valence-electron chi connectivity index (χ2n) is 4.12. The first-order valence-corrected chi connectivity index (χ1v) is 5.39. The number of benzene rings is 1. The molecule has 0 spiro atoms. The zero-order valence-electron chi connectivity index (χ0n) is 10.1. The van der Waals surface area contributed by atoms with Crippen molar-refractivity contribution in [2.45, 2.75) is 0 Å². The van der Waals surface area contributed by atoms with E-state index >= 15 is 0 Å². The third kappa shape index (κ3) is 1.90. The monoisotopic (exact) mass is 244 g/mol. The average Bonchev–Trinajstić information content (AvgIpc) is 2.54. The van der Waals surface area contributed by atoms with Gasteiger partial charge in [-0.3, -0.25) is 14.4 Å². The van der Waals surface area contributed by atoms with Crippen LogP contribution in [0.1, 0.15) is 0 Å². The number of para-hydroxylation sites is 1. The third-order valence-electron chi connectivity index (χ3n) is 2.48. The van der Waals surface area contributed by atoms with Gasteiger partial charge in [-0.2, -0.15) is 0 Å². The number of Topliss-reactive ketones (excluding diaryl/α,β-unsaturated/α-hetero) is 1. The minimum Gasteiger partial charge on any atom is -0.383 e. The lowest BCUT2D eigenvalue weighted by molar-refractivity contribution is -0.132. The molecule has 5 heteroatoms. The fourth-order valence-electron chi connectivity index (χ4n) is 1.71. The summed E-state index contributed by atoms with van der Waals surface area (Å²) in [7, 11) is 3.37. The Morgan fingerprint density at radius 3 is 2.17 bits per heavy atom. The number of imide groups is 1. The van der Waals surface area contributed by atoms with Crippen LogP contribution in [0.25, 0.3) is 0 Å². The molecule has 0 aromatic heterocycles. The van der Waals surface area contributed by atoms with E-state index in [-0.39, 0.29) is 5.57 Å². The largest absolute Gasteiger partial charge is 0.383 e. The molecule has 1 aliphatic heterocycles. The van der Waals surface area contributed by atoms with Gasteiger partial charge in [-0.05, 0) is 12.1 Å². The molecule has 0 atom stereocenters. The minimum atomic E-state index is -0.806. The predicted octanol–water partition coefficient (Wildman–Crippen LogP) is 0.574. The van der Waals surface area contributed by atoms with Gasteiger partial charge < -0.3 is 4.90 Å². The third-order valence-corrected chi connectivity index (χ3v) is 2.48. The number of anilines is 1. The molecular formula is C13H12N2O3. The van der Waals surface area contributed by atoms with E-state index in [4.69, 9.17) is 0 Å². The quantitative estimate of drug-likeness (QED) is 0.330. The van der Waals surface area contributed by atoms with Crippen molar-refractivity contribution in [1.82, 2.24) is 4.90 Å². The maximum absolute atomic E-state index is 12.1. The first kappa shape index (κ1) is 12.0. The van der Waals surface area contributed by atoms with Crippen LogP contribution in [0.15, 0.2) is 42.1 Å². The summed E-state index contributed by atoms with van der Waals surface area (Å²) in [6, 6.07) is 8.40. The van der Waals surface area contributed by atoms with Crippen LogP contribution in [0.4, 0.5) is 5.69 Å². The van der Waals surface area contributed by atoms with Crippen LogP contribution in [0.3, 0.4) is 0 Å². The van der Waals surface area contributed by atoms with Crippen molar-refractivity contribution < 1.29 is 14.4 Å². The van der Waals surface area contributed by atoms with Gasteiger partial charge in [-0.25, -0.2) is 4.90 Å². The fourth-order valence-corrected chi connectivity index (χ4v) is 1.71. The molecule has 0 bridgehead atoms. The zero-order chi connectivity index (χ0) is 13.3. The Kier molecular flexibility index (Phi) is 2.97. The van der Waals surface area contributed by atoms with E-state index in [1.807, 2.05) is 0 Å². The minimum absolute atomic E-state index is 0.103. The second-order valence-corrected chi connectivity index (χ2v) is 4.12. The summed E-state index contributed by atoms with van der Waals surface area (Å²) in [6.07, 6.45) is 1.37. The first-order chi connectivity index (χ1) is 8.52. The molecule has 0 N–H and O–H groups in total. The van der Waals surface area contributed by atoms with Gasteiger partial charge in [0.1, 0.15) is 5.57 Å². The summed E-state index contributed by atoms with van der Waals surface area (Å²) in [5.41, 5.74) is 0.303. The van der Waals surface area contributed by atoms with Crippen LogP contribution in [0.5, 0.6) is 0 Å². The number of carbonyl (C=O) groups excluding carboxylic acids is 3. The summed E-state index contributed by atoms with van der Waals surface area (Å²) < 4.78 is 0. The number of carbonyl (C=O) groups is 3. The van der Waals surface area contributed by atoms with E-state index < -0.39 is 17.6 Å². The van der Waals surface area contributed by atoms with Crippen molar-refractivity contribution in [1.29, 1.82) is 0 Å². The van der Waals surface area contributed by atoms with Crippen LogP contribution >= 0.6 is 0 Å². The second kappa shape index (κ2) is 4.44. The van der Waals surface area contributed by atoms with Gasteiger partial charge in [-0.1, -0.05) is 18.2 Å². The molecule has 0 saturated carbocycles. The summed E-state index contributed by atoms with van der Waals surface area (Å²) in [6.45, 7) is 0. The molecule has 1 heterocycles. The molecule has 1 aromatic carbocycles. The van der Waals surface area contributed by atoms with Gasteiger partial charge in [0.2, 0.25) is 0 Å². The lowest BCUT2D eigenvalue weighted by Crippen LogP contribution is -2.30. The number of rotatable bonds is 2. The van der Waals surface area contributed by atoms with Gasteiger partial charge in [0.15, 0.2) is 0 Å². The Labute approximate surface area is 104 Å². The standard InChI is InChI=1S/C13H12N2O3/c1-14(2)8-10-11(16)13(18)15(12(10)17)9-6-4-3-5-7-9/h3-8H,1-2H3/b10-8+. The number of nitrogens with zero attached hydrogens (tertiary/aromatic N) is 2. The van der Waals surface area contributed by atoms with Crippen LogP contribution in [-0.2, 0) is 14.4 Å². The normalized spacial score (nSPS) is 17.8. The highest BCUT2D eigenvalue weighted by Crippen LogP contribution is 2.23. The molecule has 18 heavy (non-hydrogen) atoms. The maximum Gasteiger partial charge on any atom is 0.306 e. The van der Waals surface area contributed by atoms with Crippen LogP contribution in [0, 0.1) is 0 Å². The fraction of sp³-hybridized carbons (Fsp3) is 0.154. The lowest BCUT2D eigenvalue weighted by atomic mass is 10.2. The summed E-state index contributed by atoms with van der Waals surface area (Å²) in [4.78, 5) is 38.0. The van der Waals surface area contributed by atoms with E-state index in [2.05, 4.69) is 0 Å². The maximum atomic E-state index is 12.1. The van der Waals surface area contributed by atoms with Crippen LogP contribution in [-0.4, -0.2) is 36.6 Å². The number of amides is 2. The van der Waals surface area contributed by atoms with Crippen molar-refractivity contribution in [2.75, 3.05) is 19.0 Å². The van der Waals surface area contributed by atoms with Gasteiger partial charge in [-0.15, -0.1) is 0 Å². The van der Waals surface area contributed by atoms with Gasteiger partial charge in [0.05, 0.1) is 5.69 Å². The highest BCUT2D eigenvalue weighted by atomic mass is 16.2. The summed E-state index contributed by atoms with van der Waals surface area (Å²) in [5, 5.41) is 0. The number of hydrogen-bond donors (Lipinski definition) is 0. The predicted molar refractivity (Wildman–Crippen MR) is 65.7 cm³/mol. The molecule has 1 aromatic rings. The van der Waals surface area contributed by atoms with Crippen LogP contribution < -0.4 is 4.90 Å². The Balaban J connectivity index is 2.44. The van der Waals surface area contributed by atoms with E-state index in [1.54, 1.807) is 49.3 Å². The molecule has 5 nitrogen and oxygen atoms in total. The van der Waals surface area contributed by atoms with E-state index in [1.165, 1.54) is 6.20 Å². The summed E-state index contributed by atoms with van der Waals surface area (Å²) in [5.74, 6) is -2.15. The number of ketones is 1. The van der Waals surface area contributed by atoms with Crippen LogP contribution in [0.2, 0.25) is 0 Å². The lowest BCUT2D eigenvalue weighted by Gasteiger charge is -2.12. The Morgan fingerprint density at radius 2 is 1.61 bits per heavy atom. The smallest absolute Gasteiger partial charge is 0.306 e. The molecule has 0 radical (unpaired) electrons. The van der Waals surface area contributed by atoms with E-state index in [0.29, 0.717) is 5.69 Å².